The zero-order chi connectivity index (χ0) is 8.55. The van der Waals surface area contributed by atoms with Crippen LogP contribution in [0.3, 0.4) is 0 Å². The summed E-state index contributed by atoms with van der Waals surface area (Å²) in [6.45, 7) is 0. The molecule has 5 heteroatoms. The number of rotatable bonds is 1. The molecule has 0 aliphatic heterocycles. The first-order valence-corrected chi connectivity index (χ1v) is 4.06. The molecule has 0 aliphatic carbocycles. The summed E-state index contributed by atoms with van der Waals surface area (Å²) in [6.07, 6.45) is 0. The summed E-state index contributed by atoms with van der Waals surface area (Å²) < 4.78 is 4.70. The molecular weight excluding hydrogens is 174 g/mol. The van der Waals surface area contributed by atoms with Gasteiger partial charge in [-0.3, -0.25) is 4.79 Å². The molecule has 0 bridgehead atoms. The predicted molar refractivity (Wildman–Crippen MR) is 45.9 cm³/mol. The van der Waals surface area contributed by atoms with Gasteiger partial charge in [-0.15, -0.1) is 5.10 Å². The SMILES string of the molecule is NC(=O)c1ccc2snnc2c1. The smallest absolute Gasteiger partial charge is 0.248 e. The van der Waals surface area contributed by atoms with Crippen molar-refractivity contribution in [1.82, 2.24) is 9.59 Å². The van der Waals surface area contributed by atoms with Crippen molar-refractivity contribution < 1.29 is 4.79 Å². The molecule has 2 rings (SSSR count). The lowest BCUT2D eigenvalue weighted by molar-refractivity contribution is 0.100. The Morgan fingerprint density at radius 2 is 2.33 bits per heavy atom. The van der Waals surface area contributed by atoms with Crippen molar-refractivity contribution in [2.75, 3.05) is 0 Å². The maximum atomic E-state index is 10.7. The van der Waals surface area contributed by atoms with Crippen LogP contribution in [0.25, 0.3) is 10.2 Å². The third-order valence-electron chi connectivity index (χ3n) is 1.53. The third-order valence-corrected chi connectivity index (χ3v) is 2.24. The standard InChI is InChI=1S/C7H5N3OS/c8-7(11)4-1-2-6-5(3-4)9-10-12-6/h1-3H,(H2,8,11). The van der Waals surface area contributed by atoms with Gasteiger partial charge < -0.3 is 5.73 Å². The molecule has 1 aromatic heterocycles. The van der Waals surface area contributed by atoms with Gasteiger partial charge in [-0.2, -0.15) is 0 Å². The number of primary amides is 1. The average Bonchev–Trinajstić information content (AvgIpc) is 2.49. The van der Waals surface area contributed by atoms with Crippen LogP contribution in [0.1, 0.15) is 10.4 Å². The third kappa shape index (κ3) is 1.04. The number of aromatic nitrogens is 2. The number of amides is 1. The van der Waals surface area contributed by atoms with E-state index in [2.05, 4.69) is 9.59 Å². The molecule has 1 amide bonds. The van der Waals surface area contributed by atoms with Crippen molar-refractivity contribution in [3.05, 3.63) is 23.8 Å². The second-order valence-corrected chi connectivity index (χ2v) is 3.11. The van der Waals surface area contributed by atoms with Crippen molar-refractivity contribution >= 4 is 27.7 Å². The minimum absolute atomic E-state index is 0.440. The maximum Gasteiger partial charge on any atom is 0.248 e. The normalized spacial score (nSPS) is 10.3. The Morgan fingerprint density at radius 1 is 1.50 bits per heavy atom. The van der Waals surface area contributed by atoms with E-state index in [1.165, 1.54) is 11.5 Å². The van der Waals surface area contributed by atoms with E-state index in [9.17, 15) is 4.79 Å². The Hall–Kier alpha value is -1.49. The fraction of sp³-hybridized carbons (Fsp3) is 0. The van der Waals surface area contributed by atoms with Crippen LogP contribution in [0.15, 0.2) is 18.2 Å². The fourth-order valence-corrected chi connectivity index (χ4v) is 1.47. The predicted octanol–water partition coefficient (Wildman–Crippen LogP) is 0.790. The van der Waals surface area contributed by atoms with Crippen LogP contribution in [-0.4, -0.2) is 15.5 Å². The number of fused-ring (bicyclic) bond motifs is 1. The summed E-state index contributed by atoms with van der Waals surface area (Å²) in [7, 11) is 0. The monoisotopic (exact) mass is 179 g/mol. The van der Waals surface area contributed by atoms with Crippen LogP contribution in [0.4, 0.5) is 0 Å². The Kier molecular flexibility index (Phi) is 1.51. The molecule has 0 aliphatic rings. The molecule has 2 N–H and O–H groups in total. The van der Waals surface area contributed by atoms with E-state index in [-0.39, 0.29) is 0 Å². The molecule has 0 spiro atoms. The van der Waals surface area contributed by atoms with E-state index in [0.717, 1.165) is 10.2 Å². The van der Waals surface area contributed by atoms with Crippen LogP contribution in [0.5, 0.6) is 0 Å². The molecule has 0 saturated carbocycles. The molecule has 1 aromatic carbocycles. The second kappa shape index (κ2) is 2.53. The first-order chi connectivity index (χ1) is 5.77. The van der Waals surface area contributed by atoms with Crippen LogP contribution in [-0.2, 0) is 0 Å². The lowest BCUT2D eigenvalue weighted by Crippen LogP contribution is -2.10. The summed E-state index contributed by atoms with van der Waals surface area (Å²) in [5.41, 5.74) is 6.28. The Bertz CT molecular complexity index is 437. The van der Waals surface area contributed by atoms with Crippen molar-refractivity contribution in [3.8, 4) is 0 Å². The number of nitrogens with two attached hydrogens (primary N) is 1. The van der Waals surface area contributed by atoms with Crippen LogP contribution >= 0.6 is 11.5 Å². The van der Waals surface area contributed by atoms with Gasteiger partial charge in [-0.05, 0) is 29.7 Å². The number of benzene rings is 1. The number of nitrogens with zero attached hydrogens (tertiary/aromatic N) is 2. The minimum Gasteiger partial charge on any atom is -0.366 e. The van der Waals surface area contributed by atoms with Gasteiger partial charge in [-0.1, -0.05) is 4.49 Å². The number of hydrogen-bond acceptors (Lipinski definition) is 4. The van der Waals surface area contributed by atoms with Gasteiger partial charge in [0, 0.05) is 5.56 Å². The fourth-order valence-electron chi connectivity index (χ4n) is 0.934. The lowest BCUT2D eigenvalue weighted by Gasteiger charge is -1.92. The summed E-state index contributed by atoms with van der Waals surface area (Å²) in [6, 6.07) is 5.10. The molecular formula is C7H5N3OS. The highest BCUT2D eigenvalue weighted by atomic mass is 32.1. The quantitative estimate of drug-likeness (QED) is 0.703. The highest BCUT2D eigenvalue weighted by molar-refractivity contribution is 7.12. The molecule has 60 valence electrons. The van der Waals surface area contributed by atoms with Gasteiger partial charge in [0.15, 0.2) is 0 Å². The van der Waals surface area contributed by atoms with Crippen molar-refractivity contribution in [2.24, 2.45) is 5.73 Å². The Labute approximate surface area is 72.2 Å². The van der Waals surface area contributed by atoms with E-state index in [0.29, 0.717) is 5.56 Å². The summed E-state index contributed by atoms with van der Waals surface area (Å²) >= 11 is 1.29. The van der Waals surface area contributed by atoms with Crippen molar-refractivity contribution in [1.29, 1.82) is 0 Å². The summed E-state index contributed by atoms with van der Waals surface area (Å²) in [4.78, 5) is 10.7. The van der Waals surface area contributed by atoms with E-state index in [1.54, 1.807) is 18.2 Å². The van der Waals surface area contributed by atoms with E-state index < -0.39 is 5.91 Å². The molecule has 12 heavy (non-hydrogen) atoms. The lowest BCUT2D eigenvalue weighted by atomic mass is 10.2. The first kappa shape index (κ1) is 7.17. The maximum absolute atomic E-state index is 10.7. The molecule has 0 fully saturated rings. The molecule has 4 nitrogen and oxygen atoms in total. The second-order valence-electron chi connectivity index (χ2n) is 2.32. The Morgan fingerprint density at radius 3 is 3.08 bits per heavy atom. The van der Waals surface area contributed by atoms with Crippen LogP contribution in [0, 0.1) is 0 Å². The van der Waals surface area contributed by atoms with Crippen molar-refractivity contribution in [2.45, 2.75) is 0 Å². The van der Waals surface area contributed by atoms with E-state index >= 15 is 0 Å². The van der Waals surface area contributed by atoms with E-state index in [4.69, 9.17) is 5.73 Å². The zero-order valence-corrected chi connectivity index (χ0v) is 6.84. The molecule has 0 unspecified atom stereocenters. The van der Waals surface area contributed by atoms with Gasteiger partial charge in [0.1, 0.15) is 5.52 Å². The Balaban J connectivity index is 2.68. The molecule has 0 radical (unpaired) electrons. The van der Waals surface area contributed by atoms with Crippen molar-refractivity contribution in [3.63, 3.8) is 0 Å². The topological polar surface area (TPSA) is 68.9 Å². The van der Waals surface area contributed by atoms with Gasteiger partial charge in [0.2, 0.25) is 5.91 Å². The van der Waals surface area contributed by atoms with E-state index in [1.807, 2.05) is 0 Å². The largest absolute Gasteiger partial charge is 0.366 e. The van der Waals surface area contributed by atoms with Crippen LogP contribution < -0.4 is 5.73 Å². The molecule has 2 aromatic rings. The zero-order valence-electron chi connectivity index (χ0n) is 6.02. The van der Waals surface area contributed by atoms with Crippen LogP contribution in [0.2, 0.25) is 0 Å². The highest BCUT2D eigenvalue weighted by Crippen LogP contribution is 2.16. The minimum atomic E-state index is -0.440. The first-order valence-electron chi connectivity index (χ1n) is 3.29. The van der Waals surface area contributed by atoms with Gasteiger partial charge in [-0.25, -0.2) is 0 Å². The highest BCUT2D eigenvalue weighted by Gasteiger charge is 2.03. The van der Waals surface area contributed by atoms with Gasteiger partial charge in [0.25, 0.3) is 0 Å². The average molecular weight is 179 g/mol. The van der Waals surface area contributed by atoms with Gasteiger partial charge in [0.05, 0.1) is 4.70 Å². The molecule has 0 saturated heterocycles. The molecule has 0 atom stereocenters. The summed E-state index contributed by atoms with van der Waals surface area (Å²) in [5, 5.41) is 3.82. The number of carbonyl (C=O) groups is 1. The number of carbonyl (C=O) groups excluding carboxylic acids is 1. The molecule has 1 heterocycles. The summed E-state index contributed by atoms with van der Waals surface area (Å²) in [5.74, 6) is -0.440. The van der Waals surface area contributed by atoms with Gasteiger partial charge >= 0.3 is 0 Å². The number of hydrogen-bond donors (Lipinski definition) is 1.